The minimum atomic E-state index is -0.418. The molecule has 0 aliphatic carbocycles. The summed E-state index contributed by atoms with van der Waals surface area (Å²) in [5.41, 5.74) is 0.699. The van der Waals surface area contributed by atoms with Gasteiger partial charge in [0.05, 0.1) is 12.9 Å². The summed E-state index contributed by atoms with van der Waals surface area (Å²) in [7, 11) is 1.42. The van der Waals surface area contributed by atoms with Gasteiger partial charge in [0.25, 0.3) is 0 Å². The Hall–Kier alpha value is -1.03. The smallest absolute Gasteiger partial charge is 0.165 e. The molecule has 94 valence electrons. The molecule has 0 bridgehead atoms. The van der Waals surface area contributed by atoms with E-state index in [-0.39, 0.29) is 18.0 Å². The van der Waals surface area contributed by atoms with Crippen LogP contribution in [0.2, 0.25) is 0 Å². The zero-order valence-corrected chi connectivity index (χ0v) is 11.0. The van der Waals surface area contributed by atoms with E-state index in [1.807, 2.05) is 0 Å². The number of Topliss-reactive ketones (excluding diaryl/α,β-unsaturated/α-hetero) is 1. The van der Waals surface area contributed by atoms with Crippen LogP contribution in [0.25, 0.3) is 0 Å². The molecule has 0 aliphatic rings. The number of hydrogen-bond acceptors (Lipinski definition) is 3. The van der Waals surface area contributed by atoms with Crippen LogP contribution < -0.4 is 4.74 Å². The van der Waals surface area contributed by atoms with E-state index < -0.39 is 5.82 Å². The molecular formula is C13H17FO2S. The Balaban J connectivity index is 2.51. The van der Waals surface area contributed by atoms with Crippen molar-refractivity contribution in [3.63, 3.8) is 0 Å². The maximum absolute atomic E-state index is 13.4. The van der Waals surface area contributed by atoms with Gasteiger partial charge in [0.15, 0.2) is 11.6 Å². The van der Waals surface area contributed by atoms with Gasteiger partial charge in [-0.2, -0.15) is 11.8 Å². The SMILES string of the molecule is CCCSCC(=O)Cc1ccc(OC)c(F)c1. The van der Waals surface area contributed by atoms with Gasteiger partial charge in [0, 0.05) is 6.42 Å². The molecule has 0 aliphatic heterocycles. The summed E-state index contributed by atoms with van der Waals surface area (Å²) in [6, 6.07) is 4.64. The van der Waals surface area contributed by atoms with Crippen LogP contribution in [0.15, 0.2) is 18.2 Å². The van der Waals surface area contributed by atoms with Gasteiger partial charge in [-0.05, 0) is 29.9 Å². The highest BCUT2D eigenvalue weighted by Gasteiger charge is 2.07. The first kappa shape index (κ1) is 14.0. The van der Waals surface area contributed by atoms with Crippen molar-refractivity contribution in [3.8, 4) is 5.75 Å². The summed E-state index contributed by atoms with van der Waals surface area (Å²) >= 11 is 1.62. The molecule has 1 aromatic carbocycles. The summed E-state index contributed by atoms with van der Waals surface area (Å²) in [6.07, 6.45) is 1.35. The second kappa shape index (κ2) is 7.33. The number of rotatable bonds is 7. The molecular weight excluding hydrogens is 239 g/mol. The van der Waals surface area contributed by atoms with E-state index in [4.69, 9.17) is 4.74 Å². The lowest BCUT2D eigenvalue weighted by atomic mass is 10.1. The van der Waals surface area contributed by atoms with Crippen LogP contribution in [0, 0.1) is 5.82 Å². The van der Waals surface area contributed by atoms with E-state index in [0.29, 0.717) is 11.3 Å². The van der Waals surface area contributed by atoms with Crippen LogP contribution in [0.1, 0.15) is 18.9 Å². The topological polar surface area (TPSA) is 26.3 Å². The van der Waals surface area contributed by atoms with E-state index >= 15 is 0 Å². The number of carbonyl (C=O) groups is 1. The maximum atomic E-state index is 13.4. The molecule has 0 N–H and O–H groups in total. The third kappa shape index (κ3) is 4.77. The highest BCUT2D eigenvalue weighted by molar-refractivity contribution is 7.99. The van der Waals surface area contributed by atoms with E-state index in [0.717, 1.165) is 12.2 Å². The highest BCUT2D eigenvalue weighted by atomic mass is 32.2. The molecule has 1 aromatic rings. The second-order valence-electron chi connectivity index (χ2n) is 3.74. The average Bonchev–Trinajstić information content (AvgIpc) is 2.29. The second-order valence-corrected chi connectivity index (χ2v) is 4.84. The van der Waals surface area contributed by atoms with Gasteiger partial charge >= 0.3 is 0 Å². The van der Waals surface area contributed by atoms with Crippen molar-refractivity contribution in [2.24, 2.45) is 0 Å². The Kier molecular flexibility index (Phi) is 6.05. The van der Waals surface area contributed by atoms with Crippen molar-refractivity contribution in [2.45, 2.75) is 19.8 Å². The van der Waals surface area contributed by atoms with Crippen LogP contribution in [0.3, 0.4) is 0 Å². The Bertz CT molecular complexity index is 380. The number of thioether (sulfide) groups is 1. The van der Waals surface area contributed by atoms with E-state index in [9.17, 15) is 9.18 Å². The third-order valence-electron chi connectivity index (χ3n) is 2.23. The van der Waals surface area contributed by atoms with Crippen LogP contribution in [-0.4, -0.2) is 24.4 Å². The molecule has 0 amide bonds. The minimum absolute atomic E-state index is 0.132. The van der Waals surface area contributed by atoms with Crippen molar-refractivity contribution in [1.82, 2.24) is 0 Å². The average molecular weight is 256 g/mol. The normalized spacial score (nSPS) is 10.3. The van der Waals surface area contributed by atoms with E-state index in [1.165, 1.54) is 13.2 Å². The number of halogens is 1. The van der Waals surface area contributed by atoms with E-state index in [1.54, 1.807) is 23.9 Å². The molecule has 0 aromatic heterocycles. The fourth-order valence-corrected chi connectivity index (χ4v) is 2.19. The summed E-state index contributed by atoms with van der Waals surface area (Å²) in [4.78, 5) is 11.6. The largest absolute Gasteiger partial charge is 0.494 e. The quantitative estimate of drug-likeness (QED) is 0.701. The Morgan fingerprint density at radius 1 is 1.47 bits per heavy atom. The molecule has 0 unspecified atom stereocenters. The first-order valence-corrected chi connectivity index (χ1v) is 6.74. The van der Waals surface area contributed by atoms with Crippen LogP contribution in [-0.2, 0) is 11.2 Å². The van der Waals surface area contributed by atoms with Gasteiger partial charge < -0.3 is 4.74 Å². The summed E-state index contributed by atoms with van der Waals surface area (Å²) in [6.45, 7) is 2.08. The van der Waals surface area contributed by atoms with Gasteiger partial charge in [-0.25, -0.2) is 4.39 Å². The predicted molar refractivity (Wildman–Crippen MR) is 69.3 cm³/mol. The molecule has 17 heavy (non-hydrogen) atoms. The number of ketones is 1. The van der Waals surface area contributed by atoms with Crippen molar-refractivity contribution >= 4 is 17.5 Å². The number of benzene rings is 1. The Labute approximate surface area is 106 Å². The molecule has 1 rings (SSSR count). The first-order valence-electron chi connectivity index (χ1n) is 5.59. The summed E-state index contributed by atoms with van der Waals surface area (Å²) < 4.78 is 18.2. The van der Waals surface area contributed by atoms with Gasteiger partial charge in [0.2, 0.25) is 0 Å². The third-order valence-corrected chi connectivity index (χ3v) is 3.45. The van der Waals surface area contributed by atoms with E-state index in [2.05, 4.69) is 6.92 Å². The summed E-state index contributed by atoms with van der Waals surface area (Å²) in [5.74, 6) is 1.41. The summed E-state index contributed by atoms with van der Waals surface area (Å²) in [5, 5.41) is 0. The molecule has 0 saturated heterocycles. The molecule has 0 radical (unpaired) electrons. The predicted octanol–water partition coefficient (Wildman–Crippen LogP) is 3.09. The Morgan fingerprint density at radius 3 is 2.82 bits per heavy atom. The van der Waals surface area contributed by atoms with Crippen molar-refractivity contribution in [1.29, 1.82) is 0 Å². The lowest BCUT2D eigenvalue weighted by Gasteiger charge is -2.04. The number of carbonyl (C=O) groups excluding carboxylic acids is 1. The van der Waals surface area contributed by atoms with Crippen molar-refractivity contribution in [3.05, 3.63) is 29.6 Å². The van der Waals surface area contributed by atoms with Gasteiger partial charge in [-0.3, -0.25) is 4.79 Å². The van der Waals surface area contributed by atoms with Crippen LogP contribution in [0.4, 0.5) is 4.39 Å². The van der Waals surface area contributed by atoms with Gasteiger partial charge in [-0.1, -0.05) is 13.0 Å². The fourth-order valence-electron chi connectivity index (χ4n) is 1.43. The first-order chi connectivity index (χ1) is 8.17. The number of ether oxygens (including phenoxy) is 1. The maximum Gasteiger partial charge on any atom is 0.165 e. The number of methoxy groups -OCH3 is 1. The Morgan fingerprint density at radius 2 is 2.24 bits per heavy atom. The minimum Gasteiger partial charge on any atom is -0.494 e. The highest BCUT2D eigenvalue weighted by Crippen LogP contribution is 2.18. The molecule has 4 heteroatoms. The monoisotopic (exact) mass is 256 g/mol. The standard InChI is InChI=1S/C13H17FO2S/c1-3-6-17-9-11(15)7-10-4-5-13(16-2)12(14)8-10/h4-5,8H,3,6-7,9H2,1-2H3. The zero-order valence-electron chi connectivity index (χ0n) is 10.2. The van der Waals surface area contributed by atoms with Crippen molar-refractivity contribution in [2.75, 3.05) is 18.6 Å². The number of hydrogen-bond donors (Lipinski definition) is 0. The van der Waals surface area contributed by atoms with Gasteiger partial charge in [-0.15, -0.1) is 0 Å². The molecule has 0 fully saturated rings. The molecule has 0 spiro atoms. The molecule has 0 saturated carbocycles. The molecule has 0 heterocycles. The van der Waals surface area contributed by atoms with Crippen molar-refractivity contribution < 1.29 is 13.9 Å². The lowest BCUT2D eigenvalue weighted by molar-refractivity contribution is -0.116. The fraction of sp³-hybridized carbons (Fsp3) is 0.462. The molecule has 2 nitrogen and oxygen atoms in total. The molecule has 0 atom stereocenters. The van der Waals surface area contributed by atoms with Crippen LogP contribution in [0.5, 0.6) is 5.75 Å². The van der Waals surface area contributed by atoms with Crippen LogP contribution >= 0.6 is 11.8 Å². The lowest BCUT2D eigenvalue weighted by Crippen LogP contribution is -2.06. The zero-order chi connectivity index (χ0) is 12.7. The van der Waals surface area contributed by atoms with Gasteiger partial charge in [0.1, 0.15) is 5.78 Å².